The van der Waals surface area contributed by atoms with Crippen LogP contribution in [-0.4, -0.2) is 69.0 Å². The number of ether oxygens (including phenoxy) is 1. The first-order valence-electron chi connectivity index (χ1n) is 13.0. The molecule has 1 saturated heterocycles. The molecule has 0 radical (unpaired) electrons. The van der Waals surface area contributed by atoms with E-state index < -0.39 is 11.6 Å². The number of carbonyl (C=O) groups excluding carboxylic acids is 1. The Labute approximate surface area is 230 Å². The maximum Gasteiger partial charge on any atom is 0.266 e. The largest absolute Gasteiger partial charge is 0.394 e. The molecule has 13 heteroatoms. The minimum atomic E-state index is -0.596. The number of carbonyl (C=O) groups is 1. The number of hydrogen-bond acceptors (Lipinski definition) is 12. The van der Waals surface area contributed by atoms with Gasteiger partial charge in [-0.15, -0.1) is 0 Å². The third-order valence-corrected chi connectivity index (χ3v) is 6.82. The van der Waals surface area contributed by atoms with E-state index in [0.29, 0.717) is 60.7 Å². The van der Waals surface area contributed by atoms with Crippen molar-refractivity contribution in [3.63, 3.8) is 0 Å². The van der Waals surface area contributed by atoms with Gasteiger partial charge in [-0.1, -0.05) is 30.3 Å². The number of anilines is 4. The Morgan fingerprint density at radius 1 is 1.07 bits per heavy atom. The molecule has 1 atom stereocenters. The molecule has 0 bridgehead atoms. The molecule has 2 aliphatic heterocycles. The zero-order valence-electron chi connectivity index (χ0n) is 22.1. The summed E-state index contributed by atoms with van der Waals surface area (Å²) in [4.78, 5) is 32.7. The molecule has 6 rings (SSSR count). The molecular formula is C27H29N9O4. The lowest BCUT2D eigenvalue weighted by atomic mass is 10.0. The fourth-order valence-corrected chi connectivity index (χ4v) is 4.72. The molecule has 13 nitrogen and oxygen atoms in total. The van der Waals surface area contributed by atoms with Gasteiger partial charge in [0.05, 0.1) is 42.7 Å². The van der Waals surface area contributed by atoms with Gasteiger partial charge in [0.2, 0.25) is 5.95 Å². The van der Waals surface area contributed by atoms with Crippen LogP contribution in [0.1, 0.15) is 41.5 Å². The third kappa shape index (κ3) is 5.03. The number of amides is 1. The van der Waals surface area contributed by atoms with E-state index in [4.69, 9.17) is 14.2 Å². The molecule has 206 valence electrons. The number of hydrogen-bond donors (Lipinski definition) is 4. The molecule has 0 unspecified atom stereocenters. The van der Waals surface area contributed by atoms with Crippen LogP contribution in [0.3, 0.4) is 0 Å². The summed E-state index contributed by atoms with van der Waals surface area (Å²) in [7, 11) is 0. The van der Waals surface area contributed by atoms with Crippen molar-refractivity contribution >= 4 is 29.4 Å². The maximum absolute atomic E-state index is 12.3. The van der Waals surface area contributed by atoms with Gasteiger partial charge in [0, 0.05) is 19.3 Å². The molecule has 40 heavy (non-hydrogen) atoms. The molecule has 0 saturated carbocycles. The van der Waals surface area contributed by atoms with E-state index in [1.807, 2.05) is 49.1 Å². The van der Waals surface area contributed by atoms with Crippen LogP contribution in [0, 0.1) is 0 Å². The molecule has 2 aliphatic rings. The number of nitrogens with one attached hydrogen (secondary N) is 3. The molecule has 1 amide bonds. The summed E-state index contributed by atoms with van der Waals surface area (Å²) in [6, 6.07) is 12.5. The molecule has 1 aromatic carbocycles. The van der Waals surface area contributed by atoms with E-state index in [1.54, 1.807) is 18.3 Å². The smallest absolute Gasteiger partial charge is 0.266 e. The SMILES string of the molecule is CC1(C)NC(=O)c2ccc(Nc3ncc(-c4nc(N5CCOCC5)no4)c(N[C@H](CO)c4ccccc4)n3)nc21. The molecule has 4 aromatic rings. The first-order valence-corrected chi connectivity index (χ1v) is 13.0. The van der Waals surface area contributed by atoms with E-state index in [2.05, 4.69) is 36.1 Å². The Morgan fingerprint density at radius 2 is 1.88 bits per heavy atom. The second-order valence-electron chi connectivity index (χ2n) is 10.0. The summed E-state index contributed by atoms with van der Waals surface area (Å²) in [5.41, 5.74) is 1.94. The van der Waals surface area contributed by atoms with Crippen molar-refractivity contribution in [2.24, 2.45) is 0 Å². The second kappa shape index (κ2) is 10.5. The van der Waals surface area contributed by atoms with E-state index in [1.165, 1.54) is 0 Å². The normalized spacial score (nSPS) is 16.8. The van der Waals surface area contributed by atoms with Gasteiger partial charge in [0.25, 0.3) is 17.7 Å². The fraction of sp³-hybridized carbons (Fsp3) is 0.333. The van der Waals surface area contributed by atoms with Crippen LogP contribution in [0.4, 0.5) is 23.5 Å². The Balaban J connectivity index is 1.34. The Morgan fingerprint density at radius 3 is 2.65 bits per heavy atom. The van der Waals surface area contributed by atoms with Crippen LogP contribution in [0.2, 0.25) is 0 Å². The lowest BCUT2D eigenvalue weighted by Crippen LogP contribution is -2.36. The molecule has 4 N–H and O–H groups in total. The monoisotopic (exact) mass is 543 g/mol. The number of benzene rings is 1. The topological polar surface area (TPSA) is 163 Å². The second-order valence-corrected chi connectivity index (χ2v) is 10.0. The van der Waals surface area contributed by atoms with Crippen LogP contribution < -0.4 is 20.9 Å². The Kier molecular flexibility index (Phi) is 6.74. The van der Waals surface area contributed by atoms with Gasteiger partial charge in [-0.25, -0.2) is 9.97 Å². The van der Waals surface area contributed by atoms with Gasteiger partial charge < -0.3 is 35.2 Å². The van der Waals surface area contributed by atoms with Crippen molar-refractivity contribution in [2.45, 2.75) is 25.4 Å². The van der Waals surface area contributed by atoms with Gasteiger partial charge in [-0.3, -0.25) is 4.79 Å². The van der Waals surface area contributed by atoms with Crippen LogP contribution in [0.5, 0.6) is 0 Å². The lowest BCUT2D eigenvalue weighted by molar-refractivity contribution is 0.0940. The number of pyridine rings is 1. The average Bonchev–Trinajstić information content (AvgIpc) is 3.55. The van der Waals surface area contributed by atoms with E-state index in [-0.39, 0.29) is 24.4 Å². The van der Waals surface area contributed by atoms with Crippen molar-refractivity contribution in [3.05, 3.63) is 65.5 Å². The molecule has 3 aromatic heterocycles. The van der Waals surface area contributed by atoms with Crippen molar-refractivity contribution in [2.75, 3.05) is 48.4 Å². The standard InChI is InChI=1S/C27H29N9O4/c1-27(2)21-17(23(38)34-27)8-9-20(30-21)31-25-28-14-18(24-33-26(35-40-24)36-10-12-39-13-11-36)22(32-25)29-19(15-37)16-6-4-3-5-7-16/h3-9,14,19,37H,10-13,15H2,1-2H3,(H,34,38)(H2,28,29,30,31,32)/t19-/m1/s1. The maximum atomic E-state index is 12.3. The first-order chi connectivity index (χ1) is 19.4. The average molecular weight is 544 g/mol. The van der Waals surface area contributed by atoms with Crippen molar-refractivity contribution in [1.82, 2.24) is 30.4 Å². The lowest BCUT2D eigenvalue weighted by Gasteiger charge is -2.24. The molecule has 1 fully saturated rings. The minimum absolute atomic E-state index is 0.155. The van der Waals surface area contributed by atoms with Crippen molar-refractivity contribution in [1.29, 1.82) is 0 Å². The Bertz CT molecular complexity index is 1520. The van der Waals surface area contributed by atoms with E-state index in [9.17, 15) is 9.90 Å². The third-order valence-electron chi connectivity index (χ3n) is 6.82. The molecule has 0 spiro atoms. The number of rotatable bonds is 8. The van der Waals surface area contributed by atoms with Gasteiger partial charge in [-0.2, -0.15) is 9.97 Å². The number of aliphatic hydroxyl groups excluding tert-OH is 1. The fourth-order valence-electron chi connectivity index (χ4n) is 4.72. The number of morpholine rings is 1. The van der Waals surface area contributed by atoms with Crippen molar-refractivity contribution in [3.8, 4) is 11.5 Å². The predicted molar refractivity (Wildman–Crippen MR) is 146 cm³/mol. The zero-order valence-corrected chi connectivity index (χ0v) is 22.1. The number of nitrogens with zero attached hydrogens (tertiary/aromatic N) is 6. The highest BCUT2D eigenvalue weighted by atomic mass is 16.5. The molecule has 0 aliphatic carbocycles. The first kappa shape index (κ1) is 25.6. The summed E-state index contributed by atoms with van der Waals surface area (Å²) in [5.74, 6) is 1.67. The number of aromatic nitrogens is 5. The highest BCUT2D eigenvalue weighted by Crippen LogP contribution is 2.32. The van der Waals surface area contributed by atoms with E-state index in [0.717, 1.165) is 5.56 Å². The van der Waals surface area contributed by atoms with E-state index >= 15 is 0 Å². The minimum Gasteiger partial charge on any atom is -0.394 e. The van der Waals surface area contributed by atoms with Crippen LogP contribution in [0.25, 0.3) is 11.5 Å². The zero-order chi connectivity index (χ0) is 27.7. The summed E-state index contributed by atoms with van der Waals surface area (Å²) < 4.78 is 11.0. The molecule has 5 heterocycles. The summed E-state index contributed by atoms with van der Waals surface area (Å²) in [6.45, 7) is 6.12. The predicted octanol–water partition coefficient (Wildman–Crippen LogP) is 2.63. The Hall–Kier alpha value is -4.62. The van der Waals surface area contributed by atoms with Crippen molar-refractivity contribution < 1.29 is 19.2 Å². The van der Waals surface area contributed by atoms with Gasteiger partial charge in [0.15, 0.2) is 0 Å². The van der Waals surface area contributed by atoms with Gasteiger partial charge in [0.1, 0.15) is 17.2 Å². The van der Waals surface area contributed by atoms with Gasteiger partial charge in [-0.05, 0) is 36.7 Å². The quantitative estimate of drug-likeness (QED) is 0.257. The van der Waals surface area contributed by atoms with Crippen LogP contribution >= 0.6 is 0 Å². The summed E-state index contributed by atoms with van der Waals surface area (Å²) in [5, 5.41) is 23.7. The molecular weight excluding hydrogens is 514 g/mol. The highest BCUT2D eigenvalue weighted by molar-refractivity contribution is 5.99. The highest BCUT2D eigenvalue weighted by Gasteiger charge is 2.36. The van der Waals surface area contributed by atoms with Gasteiger partial charge >= 0.3 is 0 Å². The summed E-state index contributed by atoms with van der Waals surface area (Å²) in [6.07, 6.45) is 1.58. The summed E-state index contributed by atoms with van der Waals surface area (Å²) >= 11 is 0. The number of aliphatic hydroxyl groups is 1. The van der Waals surface area contributed by atoms with Crippen LogP contribution in [-0.2, 0) is 10.3 Å². The number of fused-ring (bicyclic) bond motifs is 1. The van der Waals surface area contributed by atoms with Crippen LogP contribution in [0.15, 0.2) is 53.2 Å².